The van der Waals surface area contributed by atoms with Crippen molar-refractivity contribution in [1.82, 2.24) is 0 Å². The van der Waals surface area contributed by atoms with Crippen molar-refractivity contribution in [3.63, 3.8) is 0 Å². The number of unbranched alkanes of at least 4 members (excludes halogenated alkanes) is 4. The lowest BCUT2D eigenvalue weighted by atomic mass is 10.1. The van der Waals surface area contributed by atoms with Gasteiger partial charge in [-0.1, -0.05) is 71.9 Å². The second-order valence-corrected chi connectivity index (χ2v) is 4.31. The third-order valence-corrected chi connectivity index (χ3v) is 2.68. The van der Waals surface area contributed by atoms with Crippen LogP contribution in [0.1, 0.15) is 39.0 Å². The molecule has 0 heterocycles. The molecular formula is C13H21I. The third-order valence-electron chi connectivity index (χ3n) is 1.92. The van der Waals surface area contributed by atoms with Gasteiger partial charge in [-0.05, 0) is 30.6 Å². The Morgan fingerprint density at radius 3 is 2.29 bits per heavy atom. The Morgan fingerprint density at radius 1 is 0.857 bits per heavy atom. The fraction of sp³-hybridized carbons (Fsp3) is 0.538. The molecular weight excluding hydrogens is 283 g/mol. The van der Waals surface area contributed by atoms with Crippen LogP contribution in [0.3, 0.4) is 0 Å². The van der Waals surface area contributed by atoms with Crippen LogP contribution in [0.4, 0.5) is 0 Å². The molecule has 0 bridgehead atoms. The van der Waals surface area contributed by atoms with E-state index in [1.807, 2.05) is 19.1 Å². The first-order valence-corrected chi connectivity index (χ1v) is 6.95. The van der Waals surface area contributed by atoms with E-state index in [1.54, 1.807) is 0 Å². The molecule has 0 fully saturated rings. The standard InChI is InChI=1S/C13H21I/c1-2-3-4-5-6-7-8-9-10-11-12-13-14/h2-7H,8-13H2,1H3/b3-2+,5-4?,7-6?. The van der Waals surface area contributed by atoms with Crippen molar-refractivity contribution in [3.8, 4) is 0 Å². The number of allylic oxidation sites excluding steroid dienone is 6. The highest BCUT2D eigenvalue weighted by Crippen LogP contribution is 2.05. The summed E-state index contributed by atoms with van der Waals surface area (Å²) in [6.07, 6.45) is 19.3. The maximum atomic E-state index is 2.45. The monoisotopic (exact) mass is 304 g/mol. The molecule has 0 aliphatic rings. The Kier molecular flexibility index (Phi) is 12.9. The average Bonchev–Trinajstić information content (AvgIpc) is 2.21. The van der Waals surface area contributed by atoms with E-state index in [4.69, 9.17) is 0 Å². The molecule has 0 aliphatic heterocycles. The zero-order valence-corrected chi connectivity index (χ0v) is 11.2. The molecule has 0 spiro atoms. The zero-order valence-electron chi connectivity index (χ0n) is 9.08. The van der Waals surface area contributed by atoms with Gasteiger partial charge in [0.1, 0.15) is 0 Å². The Morgan fingerprint density at radius 2 is 1.57 bits per heavy atom. The maximum absolute atomic E-state index is 2.45. The van der Waals surface area contributed by atoms with E-state index in [1.165, 1.54) is 36.5 Å². The van der Waals surface area contributed by atoms with Gasteiger partial charge < -0.3 is 0 Å². The lowest BCUT2D eigenvalue weighted by Crippen LogP contribution is -1.77. The summed E-state index contributed by atoms with van der Waals surface area (Å²) in [6, 6.07) is 0. The van der Waals surface area contributed by atoms with E-state index in [9.17, 15) is 0 Å². The highest BCUT2D eigenvalue weighted by atomic mass is 127. The second kappa shape index (κ2) is 12.9. The fourth-order valence-corrected chi connectivity index (χ4v) is 1.66. The van der Waals surface area contributed by atoms with Crippen LogP contribution >= 0.6 is 22.6 Å². The van der Waals surface area contributed by atoms with Gasteiger partial charge in [0, 0.05) is 0 Å². The van der Waals surface area contributed by atoms with Crippen molar-refractivity contribution < 1.29 is 0 Å². The second-order valence-electron chi connectivity index (χ2n) is 3.23. The van der Waals surface area contributed by atoms with Crippen LogP contribution in [0.5, 0.6) is 0 Å². The summed E-state index contributed by atoms with van der Waals surface area (Å²) in [5.41, 5.74) is 0. The molecule has 0 radical (unpaired) electrons. The fourth-order valence-electron chi connectivity index (χ4n) is 1.12. The molecule has 0 saturated carbocycles. The molecule has 0 aromatic heterocycles. The van der Waals surface area contributed by atoms with E-state index in [0.29, 0.717) is 0 Å². The number of alkyl halides is 1. The molecule has 0 saturated heterocycles. The molecule has 0 aromatic rings. The molecule has 0 aliphatic carbocycles. The Hall–Kier alpha value is -0.0500. The topological polar surface area (TPSA) is 0 Å². The van der Waals surface area contributed by atoms with Gasteiger partial charge in [0.15, 0.2) is 0 Å². The minimum absolute atomic E-state index is 1.22. The summed E-state index contributed by atoms with van der Waals surface area (Å²) >= 11 is 2.45. The summed E-state index contributed by atoms with van der Waals surface area (Å²) in [6.45, 7) is 2.03. The smallest absolute Gasteiger partial charge is 0.000473 e. The Bertz CT molecular complexity index is 178. The van der Waals surface area contributed by atoms with E-state index in [2.05, 4.69) is 46.9 Å². The van der Waals surface area contributed by atoms with Gasteiger partial charge in [-0.15, -0.1) is 0 Å². The van der Waals surface area contributed by atoms with Gasteiger partial charge in [-0.2, -0.15) is 0 Å². The minimum atomic E-state index is 1.22. The highest BCUT2D eigenvalue weighted by molar-refractivity contribution is 14.1. The molecule has 0 unspecified atom stereocenters. The highest BCUT2D eigenvalue weighted by Gasteiger charge is 1.85. The largest absolute Gasteiger partial charge is 0.0877 e. The summed E-state index contributed by atoms with van der Waals surface area (Å²) in [7, 11) is 0. The van der Waals surface area contributed by atoms with Gasteiger partial charge in [0.25, 0.3) is 0 Å². The average molecular weight is 304 g/mol. The quantitative estimate of drug-likeness (QED) is 0.254. The van der Waals surface area contributed by atoms with E-state index in [0.717, 1.165) is 0 Å². The number of rotatable bonds is 8. The van der Waals surface area contributed by atoms with Crippen molar-refractivity contribution in [2.75, 3.05) is 4.43 Å². The first-order valence-electron chi connectivity index (χ1n) is 5.42. The molecule has 0 rings (SSSR count). The SMILES string of the molecule is C/C=C/C=CC=CCCCCCCI. The molecule has 0 aromatic carbocycles. The maximum Gasteiger partial charge on any atom is -0.000473 e. The Labute approximate surface area is 102 Å². The lowest BCUT2D eigenvalue weighted by molar-refractivity contribution is 0.681. The van der Waals surface area contributed by atoms with E-state index in [-0.39, 0.29) is 0 Å². The normalized spacial score (nSPS) is 12.4. The van der Waals surface area contributed by atoms with Crippen molar-refractivity contribution in [3.05, 3.63) is 36.5 Å². The zero-order chi connectivity index (χ0) is 10.5. The van der Waals surface area contributed by atoms with Crippen molar-refractivity contribution in [1.29, 1.82) is 0 Å². The van der Waals surface area contributed by atoms with Crippen LogP contribution < -0.4 is 0 Å². The summed E-state index contributed by atoms with van der Waals surface area (Å²) in [5.74, 6) is 0. The van der Waals surface area contributed by atoms with Gasteiger partial charge >= 0.3 is 0 Å². The molecule has 1 heteroatoms. The summed E-state index contributed by atoms with van der Waals surface area (Å²) in [4.78, 5) is 0. The Balaban J connectivity index is 3.18. The van der Waals surface area contributed by atoms with Gasteiger partial charge in [0.05, 0.1) is 0 Å². The van der Waals surface area contributed by atoms with Crippen LogP contribution in [-0.4, -0.2) is 4.43 Å². The number of hydrogen-bond acceptors (Lipinski definition) is 0. The van der Waals surface area contributed by atoms with Gasteiger partial charge in [0.2, 0.25) is 0 Å². The molecule has 0 N–H and O–H groups in total. The number of halogens is 1. The molecule has 0 nitrogen and oxygen atoms in total. The van der Waals surface area contributed by atoms with Crippen LogP contribution in [0.2, 0.25) is 0 Å². The lowest BCUT2D eigenvalue weighted by Gasteiger charge is -1.94. The molecule has 0 amide bonds. The predicted octanol–water partition coefficient (Wildman–Crippen LogP) is 5.06. The first-order chi connectivity index (χ1) is 6.91. The first kappa shape index (κ1) is 13.9. The van der Waals surface area contributed by atoms with Crippen molar-refractivity contribution in [2.24, 2.45) is 0 Å². The van der Waals surface area contributed by atoms with Crippen molar-refractivity contribution in [2.45, 2.75) is 39.0 Å². The van der Waals surface area contributed by atoms with E-state index < -0.39 is 0 Å². The van der Waals surface area contributed by atoms with Crippen LogP contribution in [0.15, 0.2) is 36.5 Å². The number of hydrogen-bond donors (Lipinski definition) is 0. The van der Waals surface area contributed by atoms with Crippen molar-refractivity contribution >= 4 is 22.6 Å². The minimum Gasteiger partial charge on any atom is -0.0877 e. The summed E-state index contributed by atoms with van der Waals surface area (Å²) in [5, 5.41) is 0. The van der Waals surface area contributed by atoms with Crippen LogP contribution in [0, 0.1) is 0 Å². The summed E-state index contributed by atoms with van der Waals surface area (Å²) < 4.78 is 1.31. The van der Waals surface area contributed by atoms with E-state index >= 15 is 0 Å². The third kappa shape index (κ3) is 11.9. The predicted molar refractivity (Wildman–Crippen MR) is 75.1 cm³/mol. The van der Waals surface area contributed by atoms with Crippen LogP contribution in [-0.2, 0) is 0 Å². The molecule has 14 heavy (non-hydrogen) atoms. The van der Waals surface area contributed by atoms with Gasteiger partial charge in [-0.3, -0.25) is 0 Å². The molecule has 80 valence electrons. The van der Waals surface area contributed by atoms with Crippen LogP contribution in [0.25, 0.3) is 0 Å². The molecule has 0 atom stereocenters. The van der Waals surface area contributed by atoms with Gasteiger partial charge in [-0.25, -0.2) is 0 Å².